The van der Waals surface area contributed by atoms with E-state index in [1.807, 2.05) is 0 Å². The van der Waals surface area contributed by atoms with E-state index in [4.69, 9.17) is 31.0 Å². The Balaban J connectivity index is 2.63. The van der Waals surface area contributed by atoms with Gasteiger partial charge in [-0.25, -0.2) is 13.6 Å². The number of methoxy groups -OCH3 is 1. The number of rotatable bonds is 9. The molecule has 0 aliphatic rings. The maximum atomic E-state index is 11.5. The Labute approximate surface area is 137 Å². The van der Waals surface area contributed by atoms with E-state index in [1.165, 1.54) is 12.1 Å². The molecule has 0 saturated heterocycles. The molecule has 0 fully saturated rings. The summed E-state index contributed by atoms with van der Waals surface area (Å²) in [7, 11) is -2.31. The minimum atomic E-state index is -3.93. The Morgan fingerprint density at radius 1 is 1.24 bits per heavy atom. The summed E-state index contributed by atoms with van der Waals surface area (Å²) in [6.45, 7) is 1.62. The van der Waals surface area contributed by atoms with Gasteiger partial charge in [0, 0.05) is 24.8 Å². The fourth-order valence-corrected chi connectivity index (χ4v) is 3.29. The average molecular weight is 403 g/mol. The van der Waals surface area contributed by atoms with Gasteiger partial charge in [-0.3, -0.25) is 0 Å². The number of sulfonamides is 1. The van der Waals surface area contributed by atoms with E-state index in [2.05, 4.69) is 15.9 Å². The number of ether oxygens (including phenoxy) is 3. The van der Waals surface area contributed by atoms with E-state index in [0.717, 1.165) is 6.42 Å². The van der Waals surface area contributed by atoms with Crippen molar-refractivity contribution in [2.45, 2.75) is 11.3 Å². The van der Waals surface area contributed by atoms with Gasteiger partial charge in [0.25, 0.3) is 0 Å². The lowest BCUT2D eigenvalue weighted by molar-refractivity contribution is 0.0800. The largest absolute Gasteiger partial charge is 0.488 e. The van der Waals surface area contributed by atoms with Gasteiger partial charge in [0.2, 0.25) is 10.0 Å². The molecule has 0 amide bonds. The summed E-state index contributed by atoms with van der Waals surface area (Å²) in [5.74, 6) is 0.0304. The smallest absolute Gasteiger partial charge is 0.241 e. The summed E-state index contributed by atoms with van der Waals surface area (Å²) in [4.78, 5) is -0.166. The molecule has 120 valence electrons. The molecule has 21 heavy (non-hydrogen) atoms. The molecular formula is C12H17BrClNO5S. The van der Waals surface area contributed by atoms with Gasteiger partial charge in [-0.15, -0.1) is 0 Å². The zero-order valence-electron chi connectivity index (χ0n) is 11.5. The Bertz CT molecular complexity index is 567. The molecule has 0 aliphatic carbocycles. The van der Waals surface area contributed by atoms with E-state index in [-0.39, 0.29) is 22.3 Å². The van der Waals surface area contributed by atoms with Crippen LogP contribution in [0.5, 0.6) is 5.75 Å². The second-order valence-corrected chi connectivity index (χ2v) is 6.92. The minimum absolute atomic E-state index is 0.0304. The third-order valence-electron chi connectivity index (χ3n) is 2.39. The summed E-state index contributed by atoms with van der Waals surface area (Å²) < 4.78 is 39.2. The number of hydrogen-bond acceptors (Lipinski definition) is 5. The quantitative estimate of drug-likeness (QED) is 0.640. The number of halogens is 2. The Hall–Kier alpha value is -0.380. The number of primary sulfonamides is 1. The summed E-state index contributed by atoms with van der Waals surface area (Å²) in [6.07, 6.45) is 0.776. The molecule has 1 rings (SSSR count). The van der Waals surface area contributed by atoms with E-state index in [0.29, 0.717) is 24.3 Å². The maximum absolute atomic E-state index is 11.5. The molecule has 2 N–H and O–H groups in total. The van der Waals surface area contributed by atoms with Gasteiger partial charge in [-0.2, -0.15) is 0 Å². The topological polar surface area (TPSA) is 87.8 Å². The standard InChI is InChI=1S/C12H17BrClNO5S/c1-18-3-2-4-19-5-6-20-12-10(14)7-9(13)8-11(12)21(15,16)17/h7-8H,2-6H2,1H3,(H2,15,16,17). The molecule has 6 nitrogen and oxygen atoms in total. The second-order valence-electron chi connectivity index (χ2n) is 4.07. The monoisotopic (exact) mass is 401 g/mol. The molecule has 1 aromatic carbocycles. The highest BCUT2D eigenvalue weighted by Gasteiger charge is 2.19. The van der Waals surface area contributed by atoms with E-state index in [9.17, 15) is 8.42 Å². The lowest BCUT2D eigenvalue weighted by atomic mass is 10.3. The Kier molecular flexibility index (Phi) is 7.93. The molecule has 0 aromatic heterocycles. The van der Waals surface area contributed by atoms with Crippen molar-refractivity contribution in [3.63, 3.8) is 0 Å². The zero-order valence-corrected chi connectivity index (χ0v) is 14.6. The van der Waals surface area contributed by atoms with Crippen LogP contribution in [0.4, 0.5) is 0 Å². The highest BCUT2D eigenvalue weighted by atomic mass is 79.9. The predicted octanol–water partition coefficient (Wildman–Crippen LogP) is 2.18. The summed E-state index contributed by atoms with van der Waals surface area (Å²) >= 11 is 9.15. The fraction of sp³-hybridized carbons (Fsp3) is 0.500. The fourth-order valence-electron chi connectivity index (χ4n) is 1.50. The molecule has 0 aliphatic heterocycles. The zero-order chi connectivity index (χ0) is 15.9. The van der Waals surface area contributed by atoms with Crippen molar-refractivity contribution < 1.29 is 22.6 Å². The first-order chi connectivity index (χ1) is 9.86. The first kappa shape index (κ1) is 18.7. The van der Waals surface area contributed by atoms with Gasteiger partial charge >= 0.3 is 0 Å². The van der Waals surface area contributed by atoms with Crippen LogP contribution >= 0.6 is 27.5 Å². The highest BCUT2D eigenvalue weighted by Crippen LogP contribution is 2.34. The lowest BCUT2D eigenvalue weighted by Gasteiger charge is -2.12. The van der Waals surface area contributed by atoms with Crippen LogP contribution in [0.15, 0.2) is 21.5 Å². The molecular weight excluding hydrogens is 386 g/mol. The van der Waals surface area contributed by atoms with Crippen LogP contribution in [0.25, 0.3) is 0 Å². The molecule has 0 bridgehead atoms. The van der Waals surface area contributed by atoms with Crippen LogP contribution in [0, 0.1) is 0 Å². The first-order valence-corrected chi connectivity index (χ1v) is 8.79. The molecule has 0 heterocycles. The molecule has 9 heteroatoms. The number of nitrogens with two attached hydrogens (primary N) is 1. The Morgan fingerprint density at radius 3 is 2.57 bits per heavy atom. The van der Waals surface area contributed by atoms with Gasteiger partial charge in [0.15, 0.2) is 5.75 Å². The van der Waals surface area contributed by atoms with Crippen molar-refractivity contribution in [2.75, 3.05) is 33.5 Å². The number of hydrogen-bond donors (Lipinski definition) is 1. The van der Waals surface area contributed by atoms with Crippen LogP contribution in [-0.2, 0) is 19.5 Å². The molecule has 0 atom stereocenters. The predicted molar refractivity (Wildman–Crippen MR) is 83.3 cm³/mol. The van der Waals surface area contributed by atoms with Crippen molar-refractivity contribution >= 4 is 37.6 Å². The van der Waals surface area contributed by atoms with Crippen LogP contribution in [0.1, 0.15) is 6.42 Å². The van der Waals surface area contributed by atoms with Crippen molar-refractivity contribution in [3.05, 3.63) is 21.6 Å². The van der Waals surface area contributed by atoms with E-state index in [1.54, 1.807) is 7.11 Å². The van der Waals surface area contributed by atoms with Gasteiger partial charge in [-0.05, 0) is 18.6 Å². The van der Waals surface area contributed by atoms with Crippen LogP contribution < -0.4 is 9.88 Å². The summed E-state index contributed by atoms with van der Waals surface area (Å²) in [5, 5.41) is 5.31. The van der Waals surface area contributed by atoms with Gasteiger partial charge < -0.3 is 14.2 Å². The average Bonchev–Trinajstić information content (AvgIpc) is 2.38. The molecule has 0 unspecified atom stereocenters. The molecule has 0 radical (unpaired) electrons. The molecule has 0 saturated carbocycles. The van der Waals surface area contributed by atoms with Crippen molar-refractivity contribution in [1.29, 1.82) is 0 Å². The van der Waals surface area contributed by atoms with Gasteiger partial charge in [0.05, 0.1) is 11.6 Å². The van der Waals surface area contributed by atoms with Crippen molar-refractivity contribution in [1.82, 2.24) is 0 Å². The molecule has 1 aromatic rings. The number of benzene rings is 1. The Morgan fingerprint density at radius 2 is 1.95 bits per heavy atom. The van der Waals surface area contributed by atoms with Crippen molar-refractivity contribution in [3.8, 4) is 5.75 Å². The summed E-state index contributed by atoms with van der Waals surface area (Å²) in [5.41, 5.74) is 0. The second kappa shape index (κ2) is 8.92. The minimum Gasteiger partial charge on any atom is -0.488 e. The van der Waals surface area contributed by atoms with Gasteiger partial charge in [-0.1, -0.05) is 27.5 Å². The third kappa shape index (κ3) is 6.50. The summed E-state index contributed by atoms with van der Waals surface area (Å²) in [6, 6.07) is 2.88. The normalized spacial score (nSPS) is 11.6. The van der Waals surface area contributed by atoms with Crippen LogP contribution in [0.2, 0.25) is 5.02 Å². The maximum Gasteiger partial charge on any atom is 0.241 e. The van der Waals surface area contributed by atoms with Crippen LogP contribution in [0.3, 0.4) is 0 Å². The lowest BCUT2D eigenvalue weighted by Crippen LogP contribution is -2.16. The SMILES string of the molecule is COCCCOCCOc1c(Cl)cc(Br)cc1S(N)(=O)=O. The van der Waals surface area contributed by atoms with Crippen LogP contribution in [-0.4, -0.2) is 42.0 Å². The highest BCUT2D eigenvalue weighted by molar-refractivity contribution is 9.10. The third-order valence-corrected chi connectivity index (χ3v) is 4.05. The van der Waals surface area contributed by atoms with Gasteiger partial charge in [0.1, 0.15) is 11.5 Å². The van der Waals surface area contributed by atoms with Crippen molar-refractivity contribution in [2.24, 2.45) is 5.14 Å². The van der Waals surface area contributed by atoms with E-state index >= 15 is 0 Å². The first-order valence-electron chi connectivity index (χ1n) is 6.07. The van der Waals surface area contributed by atoms with E-state index < -0.39 is 10.0 Å². The molecule has 0 spiro atoms.